The smallest absolute Gasteiger partial charge is 0.246 e. The Balaban J connectivity index is 0.00000289. The maximum absolute atomic E-state index is 13.6. The first-order valence-corrected chi connectivity index (χ1v) is 11.9. The van der Waals surface area contributed by atoms with E-state index in [4.69, 9.17) is 0 Å². The number of halogens is 2. The van der Waals surface area contributed by atoms with Crippen LogP contribution < -0.4 is 10.2 Å². The third kappa shape index (κ3) is 5.20. The Morgan fingerprint density at radius 2 is 1.71 bits per heavy atom. The average Bonchev–Trinajstić information content (AvgIpc) is 3.27. The van der Waals surface area contributed by atoms with E-state index in [1.165, 1.54) is 54.8 Å². The molecule has 0 aliphatic carbocycles. The molecule has 0 radical (unpaired) electrons. The van der Waals surface area contributed by atoms with Gasteiger partial charge in [0.1, 0.15) is 18.0 Å². The molecule has 34 heavy (non-hydrogen) atoms. The summed E-state index contributed by atoms with van der Waals surface area (Å²) in [7, 11) is 2.22. The lowest BCUT2D eigenvalue weighted by molar-refractivity contribution is 0.106. The highest BCUT2D eigenvalue weighted by Gasteiger charge is 2.27. The highest BCUT2D eigenvalue weighted by molar-refractivity contribution is 5.64. The van der Waals surface area contributed by atoms with Gasteiger partial charge in [0.15, 0.2) is 0 Å². The van der Waals surface area contributed by atoms with Gasteiger partial charge in [-0.3, -0.25) is 4.90 Å². The number of benzene rings is 2. The SMILES string of the molecule is Cc1cc(Nc2ncn(-c3cc(F)cc(F)c3)n2)cc(N2CCN(C3CCCN(C)C3)CC2)c1.[HH]. The molecule has 3 heterocycles. The van der Waals surface area contributed by atoms with Gasteiger partial charge in [-0.15, -0.1) is 5.10 Å². The monoisotopic (exact) mass is 469 g/mol. The maximum Gasteiger partial charge on any atom is 0.246 e. The van der Waals surface area contributed by atoms with Gasteiger partial charge in [-0.1, -0.05) is 0 Å². The molecule has 2 aromatic carbocycles. The van der Waals surface area contributed by atoms with Crippen molar-refractivity contribution in [3.8, 4) is 5.69 Å². The Morgan fingerprint density at radius 1 is 0.941 bits per heavy atom. The van der Waals surface area contributed by atoms with E-state index in [1.807, 2.05) is 6.07 Å². The predicted molar refractivity (Wildman–Crippen MR) is 132 cm³/mol. The molecule has 182 valence electrons. The summed E-state index contributed by atoms with van der Waals surface area (Å²) < 4.78 is 28.5. The number of anilines is 3. The first-order valence-electron chi connectivity index (χ1n) is 11.9. The van der Waals surface area contributed by atoms with Gasteiger partial charge < -0.3 is 15.1 Å². The molecule has 2 fully saturated rings. The van der Waals surface area contributed by atoms with Crippen molar-refractivity contribution < 1.29 is 10.2 Å². The molecular formula is C25H33F2N7. The number of piperazine rings is 1. The standard InChI is InChI=1S/C25H31F2N7.H2/c1-18-10-21(29-25-28-17-34(30-25)24-13-19(26)12-20(27)14-24)15-23(11-18)33-8-6-32(7-9-33)22-4-3-5-31(2)16-22;/h10-15,17,22H,3-9,16H2,1-2H3,(H,29,30);1H. The van der Waals surface area contributed by atoms with E-state index in [0.717, 1.165) is 43.5 Å². The minimum Gasteiger partial charge on any atom is -0.369 e. The van der Waals surface area contributed by atoms with Crippen molar-refractivity contribution in [2.75, 3.05) is 56.5 Å². The fourth-order valence-corrected chi connectivity index (χ4v) is 5.05. The molecule has 1 unspecified atom stereocenters. The summed E-state index contributed by atoms with van der Waals surface area (Å²) in [6.07, 6.45) is 4.02. The van der Waals surface area contributed by atoms with Crippen LogP contribution in [0.15, 0.2) is 42.7 Å². The molecule has 1 atom stereocenters. The summed E-state index contributed by atoms with van der Waals surface area (Å²) >= 11 is 0. The van der Waals surface area contributed by atoms with Gasteiger partial charge in [-0.2, -0.15) is 4.98 Å². The molecule has 0 bridgehead atoms. The lowest BCUT2D eigenvalue weighted by Crippen LogP contribution is -2.54. The molecule has 5 rings (SSSR count). The zero-order valence-electron chi connectivity index (χ0n) is 19.7. The molecule has 0 amide bonds. The highest BCUT2D eigenvalue weighted by Crippen LogP contribution is 2.26. The summed E-state index contributed by atoms with van der Waals surface area (Å²) in [5.41, 5.74) is 3.48. The number of aromatic nitrogens is 3. The molecule has 7 nitrogen and oxygen atoms in total. The summed E-state index contributed by atoms with van der Waals surface area (Å²) in [5.74, 6) is -0.940. The number of hydrogen-bond donors (Lipinski definition) is 1. The van der Waals surface area contributed by atoms with Crippen molar-refractivity contribution in [2.45, 2.75) is 25.8 Å². The number of rotatable bonds is 5. The molecule has 2 aliphatic heterocycles. The number of nitrogens with zero attached hydrogens (tertiary/aromatic N) is 6. The van der Waals surface area contributed by atoms with E-state index in [2.05, 4.69) is 56.2 Å². The largest absolute Gasteiger partial charge is 0.369 e. The van der Waals surface area contributed by atoms with Crippen LogP contribution in [0.3, 0.4) is 0 Å². The normalized spacial score (nSPS) is 20.0. The Kier molecular flexibility index (Phi) is 6.47. The molecule has 1 aromatic heterocycles. The Hall–Kier alpha value is -3.04. The molecule has 0 saturated carbocycles. The van der Waals surface area contributed by atoms with Gasteiger partial charge in [-0.25, -0.2) is 13.5 Å². The molecule has 3 aromatic rings. The number of aryl methyl sites for hydroxylation is 1. The Labute approximate surface area is 200 Å². The molecule has 2 saturated heterocycles. The third-order valence-corrected chi connectivity index (χ3v) is 6.72. The van der Waals surface area contributed by atoms with Crippen molar-refractivity contribution >= 4 is 17.3 Å². The van der Waals surface area contributed by atoms with Crippen LogP contribution in [0.2, 0.25) is 0 Å². The fraction of sp³-hybridized carbons (Fsp3) is 0.440. The summed E-state index contributed by atoms with van der Waals surface area (Å²) in [5, 5.41) is 7.57. The second kappa shape index (κ2) is 9.68. The van der Waals surface area contributed by atoms with E-state index in [-0.39, 0.29) is 7.11 Å². The Bertz CT molecular complexity index is 1130. The average molecular weight is 470 g/mol. The highest BCUT2D eigenvalue weighted by atomic mass is 19.1. The number of piperidine rings is 1. The first-order chi connectivity index (χ1) is 16.4. The number of nitrogens with one attached hydrogen (secondary N) is 1. The van der Waals surface area contributed by atoms with Gasteiger partial charge in [-0.05, 0) is 69.3 Å². The lowest BCUT2D eigenvalue weighted by Gasteiger charge is -2.43. The van der Waals surface area contributed by atoms with Crippen LogP contribution >= 0.6 is 0 Å². The van der Waals surface area contributed by atoms with Crippen molar-refractivity contribution in [2.24, 2.45) is 0 Å². The molecule has 9 heteroatoms. The van der Waals surface area contributed by atoms with Crippen LogP contribution in [-0.4, -0.2) is 76.9 Å². The summed E-state index contributed by atoms with van der Waals surface area (Å²) in [6, 6.07) is 10.3. The third-order valence-electron chi connectivity index (χ3n) is 6.72. The molecular weight excluding hydrogens is 436 g/mol. The number of hydrogen-bond acceptors (Lipinski definition) is 6. The first kappa shape index (κ1) is 22.7. The van der Waals surface area contributed by atoms with E-state index in [9.17, 15) is 8.78 Å². The zero-order chi connectivity index (χ0) is 23.7. The molecule has 2 aliphatic rings. The van der Waals surface area contributed by atoms with Gasteiger partial charge in [0, 0.05) is 57.6 Å². The molecule has 1 N–H and O–H groups in total. The number of likely N-dealkylation sites (tertiary alicyclic amines) is 1. The van der Waals surface area contributed by atoms with Crippen LogP contribution in [0.1, 0.15) is 19.8 Å². The summed E-state index contributed by atoms with van der Waals surface area (Å²) in [6.45, 7) is 8.60. The van der Waals surface area contributed by atoms with Crippen LogP contribution in [-0.2, 0) is 0 Å². The van der Waals surface area contributed by atoms with Crippen molar-refractivity contribution in [3.05, 3.63) is 59.9 Å². The van der Waals surface area contributed by atoms with Crippen molar-refractivity contribution in [1.82, 2.24) is 24.6 Å². The minimum absolute atomic E-state index is 0. The Morgan fingerprint density at radius 3 is 2.44 bits per heavy atom. The van der Waals surface area contributed by atoms with Gasteiger partial charge >= 0.3 is 0 Å². The zero-order valence-corrected chi connectivity index (χ0v) is 19.7. The van der Waals surface area contributed by atoms with E-state index in [0.29, 0.717) is 12.0 Å². The van der Waals surface area contributed by atoms with Crippen molar-refractivity contribution in [1.29, 1.82) is 0 Å². The van der Waals surface area contributed by atoms with Crippen molar-refractivity contribution in [3.63, 3.8) is 0 Å². The topological polar surface area (TPSA) is 52.5 Å². The van der Waals surface area contributed by atoms with Crippen LogP contribution in [0.4, 0.5) is 26.1 Å². The second-order valence-corrected chi connectivity index (χ2v) is 9.40. The number of likely N-dealkylation sites (N-methyl/N-ethyl adjacent to an activating group) is 1. The quantitative estimate of drug-likeness (QED) is 0.608. The predicted octanol–water partition coefficient (Wildman–Crippen LogP) is 4.06. The van der Waals surface area contributed by atoms with E-state index >= 15 is 0 Å². The van der Waals surface area contributed by atoms with E-state index < -0.39 is 11.6 Å². The lowest BCUT2D eigenvalue weighted by atomic mass is 10.0. The van der Waals surface area contributed by atoms with Crippen LogP contribution in [0.5, 0.6) is 0 Å². The second-order valence-electron chi connectivity index (χ2n) is 9.40. The molecule has 0 spiro atoms. The van der Waals surface area contributed by atoms with Gasteiger partial charge in [0.05, 0.1) is 5.69 Å². The van der Waals surface area contributed by atoms with E-state index in [1.54, 1.807) is 0 Å². The van der Waals surface area contributed by atoms with Crippen LogP contribution in [0.25, 0.3) is 5.69 Å². The van der Waals surface area contributed by atoms with Crippen LogP contribution in [0, 0.1) is 18.6 Å². The summed E-state index contributed by atoms with van der Waals surface area (Å²) in [4.78, 5) is 11.8. The van der Waals surface area contributed by atoms with Gasteiger partial charge in [0.2, 0.25) is 5.95 Å². The minimum atomic E-state index is -0.654. The maximum atomic E-state index is 13.6. The fourth-order valence-electron chi connectivity index (χ4n) is 5.05. The van der Waals surface area contributed by atoms with Gasteiger partial charge in [0.25, 0.3) is 0 Å².